The standard InChI is InChI=1S/C10H21N3O/c1-4-10(5-2)8-12(3)6-7-13(10)9(11)14/h4-8H2,1-3H3,(H2,11,14). The Labute approximate surface area is 86.0 Å². The second-order valence-corrected chi connectivity index (χ2v) is 4.16. The molecule has 0 aromatic carbocycles. The van der Waals surface area contributed by atoms with E-state index in [0.29, 0.717) is 0 Å². The molecule has 0 aromatic rings. The maximum Gasteiger partial charge on any atom is 0.315 e. The molecule has 2 N–H and O–H groups in total. The van der Waals surface area contributed by atoms with Crippen LogP contribution in [0.3, 0.4) is 0 Å². The van der Waals surface area contributed by atoms with Gasteiger partial charge in [-0.1, -0.05) is 13.8 Å². The first-order valence-electron chi connectivity index (χ1n) is 5.31. The molecule has 0 radical (unpaired) electrons. The Morgan fingerprint density at radius 1 is 1.36 bits per heavy atom. The van der Waals surface area contributed by atoms with Crippen LogP contribution in [0, 0.1) is 0 Å². The Morgan fingerprint density at radius 3 is 2.36 bits per heavy atom. The molecule has 0 aliphatic carbocycles. The highest BCUT2D eigenvalue weighted by molar-refractivity contribution is 5.73. The number of urea groups is 1. The van der Waals surface area contributed by atoms with Crippen molar-refractivity contribution in [1.82, 2.24) is 9.80 Å². The van der Waals surface area contributed by atoms with Gasteiger partial charge in [0.2, 0.25) is 0 Å². The van der Waals surface area contributed by atoms with E-state index in [4.69, 9.17) is 5.73 Å². The number of carbonyl (C=O) groups is 1. The summed E-state index contributed by atoms with van der Waals surface area (Å²) < 4.78 is 0. The van der Waals surface area contributed by atoms with Crippen LogP contribution in [0.25, 0.3) is 0 Å². The molecule has 2 amide bonds. The molecule has 4 heteroatoms. The summed E-state index contributed by atoms with van der Waals surface area (Å²) >= 11 is 0. The van der Waals surface area contributed by atoms with Crippen LogP contribution in [0.15, 0.2) is 0 Å². The summed E-state index contributed by atoms with van der Waals surface area (Å²) in [6.45, 7) is 6.86. The molecule has 0 unspecified atom stereocenters. The van der Waals surface area contributed by atoms with E-state index in [1.54, 1.807) is 0 Å². The van der Waals surface area contributed by atoms with Gasteiger partial charge in [-0.15, -0.1) is 0 Å². The predicted octanol–water partition coefficient (Wildman–Crippen LogP) is 0.871. The van der Waals surface area contributed by atoms with Crippen molar-refractivity contribution in [3.8, 4) is 0 Å². The lowest BCUT2D eigenvalue weighted by Crippen LogP contribution is -2.63. The summed E-state index contributed by atoms with van der Waals surface area (Å²) in [6, 6.07) is -0.276. The lowest BCUT2D eigenvalue weighted by molar-refractivity contribution is 0.0331. The number of hydrogen-bond donors (Lipinski definition) is 1. The van der Waals surface area contributed by atoms with E-state index in [1.165, 1.54) is 0 Å². The van der Waals surface area contributed by atoms with Gasteiger partial charge in [0.25, 0.3) is 0 Å². The Kier molecular flexibility index (Phi) is 3.37. The monoisotopic (exact) mass is 199 g/mol. The molecule has 1 rings (SSSR count). The molecule has 4 nitrogen and oxygen atoms in total. The van der Waals surface area contributed by atoms with Crippen molar-refractivity contribution in [3.63, 3.8) is 0 Å². The SMILES string of the molecule is CCC1(CC)CN(C)CCN1C(N)=O. The van der Waals surface area contributed by atoms with Gasteiger partial charge in [-0.25, -0.2) is 4.79 Å². The molecule has 1 aliphatic heterocycles. The first-order valence-corrected chi connectivity index (χ1v) is 5.31. The van der Waals surface area contributed by atoms with E-state index in [-0.39, 0.29) is 11.6 Å². The minimum Gasteiger partial charge on any atom is -0.351 e. The van der Waals surface area contributed by atoms with Crippen LogP contribution in [-0.2, 0) is 0 Å². The van der Waals surface area contributed by atoms with Crippen molar-refractivity contribution in [2.45, 2.75) is 32.2 Å². The van der Waals surface area contributed by atoms with Gasteiger partial charge < -0.3 is 15.5 Å². The van der Waals surface area contributed by atoms with Crippen LogP contribution >= 0.6 is 0 Å². The third-order valence-corrected chi connectivity index (χ3v) is 3.42. The highest BCUT2D eigenvalue weighted by Crippen LogP contribution is 2.27. The molecule has 1 heterocycles. The third kappa shape index (κ3) is 1.85. The normalized spacial score (nSPS) is 22.4. The fourth-order valence-corrected chi connectivity index (χ4v) is 2.37. The molecular weight excluding hydrogens is 178 g/mol. The van der Waals surface area contributed by atoms with Gasteiger partial charge in [0.1, 0.15) is 0 Å². The van der Waals surface area contributed by atoms with Crippen molar-refractivity contribution in [2.75, 3.05) is 26.7 Å². The summed E-state index contributed by atoms with van der Waals surface area (Å²) in [7, 11) is 2.10. The van der Waals surface area contributed by atoms with E-state index in [1.807, 2.05) is 4.90 Å². The second kappa shape index (κ2) is 4.17. The number of carbonyl (C=O) groups excluding carboxylic acids is 1. The number of primary amides is 1. The lowest BCUT2D eigenvalue weighted by Gasteiger charge is -2.48. The van der Waals surface area contributed by atoms with Crippen molar-refractivity contribution in [1.29, 1.82) is 0 Å². The lowest BCUT2D eigenvalue weighted by atomic mass is 9.88. The van der Waals surface area contributed by atoms with Crippen LogP contribution in [-0.4, -0.2) is 48.1 Å². The van der Waals surface area contributed by atoms with Crippen molar-refractivity contribution < 1.29 is 4.79 Å². The molecule has 14 heavy (non-hydrogen) atoms. The van der Waals surface area contributed by atoms with Gasteiger partial charge in [-0.05, 0) is 19.9 Å². The van der Waals surface area contributed by atoms with Gasteiger partial charge in [-0.3, -0.25) is 0 Å². The molecule has 0 saturated carbocycles. The Bertz CT molecular complexity index is 213. The average Bonchev–Trinajstić information content (AvgIpc) is 2.16. The van der Waals surface area contributed by atoms with Crippen LogP contribution in [0.4, 0.5) is 4.79 Å². The third-order valence-electron chi connectivity index (χ3n) is 3.42. The van der Waals surface area contributed by atoms with Crippen LogP contribution < -0.4 is 5.73 Å². The van der Waals surface area contributed by atoms with Gasteiger partial charge in [0.05, 0.1) is 5.54 Å². The van der Waals surface area contributed by atoms with E-state index in [2.05, 4.69) is 25.8 Å². The maximum absolute atomic E-state index is 11.3. The summed E-state index contributed by atoms with van der Waals surface area (Å²) in [5.74, 6) is 0. The van der Waals surface area contributed by atoms with E-state index in [9.17, 15) is 4.79 Å². The fourth-order valence-electron chi connectivity index (χ4n) is 2.37. The molecular formula is C10H21N3O. The number of hydrogen-bond acceptors (Lipinski definition) is 2. The van der Waals surface area contributed by atoms with Crippen molar-refractivity contribution >= 4 is 6.03 Å². The Morgan fingerprint density at radius 2 is 1.93 bits per heavy atom. The van der Waals surface area contributed by atoms with Crippen LogP contribution in [0.1, 0.15) is 26.7 Å². The summed E-state index contributed by atoms with van der Waals surface area (Å²) in [4.78, 5) is 15.4. The quantitative estimate of drug-likeness (QED) is 0.717. The Balaban J connectivity index is 2.87. The first kappa shape index (κ1) is 11.3. The molecule has 0 spiro atoms. The highest BCUT2D eigenvalue weighted by Gasteiger charge is 2.39. The van der Waals surface area contributed by atoms with E-state index < -0.39 is 0 Å². The summed E-state index contributed by atoms with van der Waals surface area (Å²) in [5, 5.41) is 0. The Hall–Kier alpha value is -0.770. The maximum atomic E-state index is 11.3. The largest absolute Gasteiger partial charge is 0.351 e. The first-order chi connectivity index (χ1) is 6.55. The zero-order chi connectivity index (χ0) is 10.8. The van der Waals surface area contributed by atoms with Crippen LogP contribution in [0.5, 0.6) is 0 Å². The van der Waals surface area contributed by atoms with Gasteiger partial charge in [-0.2, -0.15) is 0 Å². The van der Waals surface area contributed by atoms with Gasteiger partial charge >= 0.3 is 6.03 Å². The molecule has 0 atom stereocenters. The van der Waals surface area contributed by atoms with Crippen molar-refractivity contribution in [2.24, 2.45) is 5.73 Å². The molecule has 1 fully saturated rings. The molecule has 82 valence electrons. The molecule has 1 saturated heterocycles. The zero-order valence-electron chi connectivity index (χ0n) is 9.42. The number of nitrogens with two attached hydrogens (primary N) is 1. The fraction of sp³-hybridized carbons (Fsp3) is 0.900. The van der Waals surface area contributed by atoms with Crippen molar-refractivity contribution in [3.05, 3.63) is 0 Å². The van der Waals surface area contributed by atoms with Crippen LogP contribution in [0.2, 0.25) is 0 Å². The summed E-state index contributed by atoms with van der Waals surface area (Å²) in [6.07, 6.45) is 1.94. The number of likely N-dealkylation sites (N-methyl/N-ethyl adjacent to an activating group) is 1. The number of rotatable bonds is 2. The molecule has 0 bridgehead atoms. The van der Waals surface area contributed by atoms with E-state index >= 15 is 0 Å². The highest BCUT2D eigenvalue weighted by atomic mass is 16.2. The number of nitrogens with zero attached hydrogens (tertiary/aromatic N) is 2. The minimum absolute atomic E-state index is 0.0428. The van der Waals surface area contributed by atoms with E-state index in [0.717, 1.165) is 32.5 Å². The van der Waals surface area contributed by atoms with Gasteiger partial charge in [0.15, 0.2) is 0 Å². The molecule has 0 aromatic heterocycles. The molecule has 1 aliphatic rings. The minimum atomic E-state index is -0.276. The zero-order valence-corrected chi connectivity index (χ0v) is 9.42. The summed E-state index contributed by atoms with van der Waals surface area (Å²) in [5.41, 5.74) is 5.37. The predicted molar refractivity (Wildman–Crippen MR) is 57.1 cm³/mol. The smallest absolute Gasteiger partial charge is 0.315 e. The second-order valence-electron chi connectivity index (χ2n) is 4.16. The average molecular weight is 199 g/mol. The van der Waals surface area contributed by atoms with Gasteiger partial charge in [0, 0.05) is 19.6 Å². The number of piperazine rings is 1. The number of amides is 2. The topological polar surface area (TPSA) is 49.6 Å².